The van der Waals surface area contributed by atoms with Crippen LogP contribution in [-0.4, -0.2) is 36.6 Å². The van der Waals surface area contributed by atoms with Crippen molar-refractivity contribution in [3.63, 3.8) is 0 Å². The number of nitrogens with zero attached hydrogens (tertiary/aromatic N) is 1. The molecule has 1 aliphatic rings. The van der Waals surface area contributed by atoms with Crippen LogP contribution in [0.3, 0.4) is 0 Å². The number of rotatable bonds is 4. The van der Waals surface area contributed by atoms with E-state index in [4.69, 9.17) is 0 Å². The molecule has 1 saturated heterocycles. The first-order valence-corrected chi connectivity index (χ1v) is 9.22. The van der Waals surface area contributed by atoms with Gasteiger partial charge in [0.05, 0.1) is 0 Å². The first kappa shape index (κ1) is 22.4. The van der Waals surface area contributed by atoms with Crippen LogP contribution in [0, 0.1) is 17.0 Å². The lowest BCUT2D eigenvalue weighted by molar-refractivity contribution is -0.142. The van der Waals surface area contributed by atoms with Gasteiger partial charge in [0.25, 0.3) is 0 Å². The van der Waals surface area contributed by atoms with Crippen LogP contribution >= 0.6 is 0 Å². The number of hydrogen-bond donors (Lipinski definition) is 2. The van der Waals surface area contributed by atoms with Gasteiger partial charge >= 0.3 is 12.2 Å². The molecule has 2 amide bonds. The molecule has 4 nitrogen and oxygen atoms in total. The van der Waals surface area contributed by atoms with Crippen molar-refractivity contribution in [1.82, 2.24) is 10.2 Å². The highest BCUT2D eigenvalue weighted by molar-refractivity contribution is 5.89. The van der Waals surface area contributed by atoms with E-state index in [1.54, 1.807) is 0 Å². The minimum Gasteiger partial charge on any atom is -0.324 e. The van der Waals surface area contributed by atoms with Crippen LogP contribution in [0.4, 0.5) is 32.4 Å². The van der Waals surface area contributed by atoms with Crippen molar-refractivity contribution in [3.05, 3.63) is 29.3 Å². The molecule has 1 aromatic rings. The predicted octanol–water partition coefficient (Wildman–Crippen LogP) is 5.01. The highest BCUT2D eigenvalue weighted by Crippen LogP contribution is 2.35. The second-order valence-electron chi connectivity index (χ2n) is 8.27. The van der Waals surface area contributed by atoms with Crippen LogP contribution in [0.2, 0.25) is 0 Å². The molecule has 1 aliphatic heterocycles. The number of anilines is 1. The van der Waals surface area contributed by atoms with E-state index in [1.807, 2.05) is 0 Å². The Kier molecular flexibility index (Phi) is 6.90. The monoisotopic (exact) mass is 407 g/mol. The third kappa shape index (κ3) is 6.32. The van der Waals surface area contributed by atoms with E-state index >= 15 is 0 Å². The summed E-state index contributed by atoms with van der Waals surface area (Å²) in [5, 5.41) is 5.73. The fraction of sp³-hybridized carbons (Fsp3) is 0.632. The Labute approximate surface area is 161 Å². The number of urea groups is 1. The summed E-state index contributed by atoms with van der Waals surface area (Å²) < 4.78 is 65.0. The molecular weight excluding hydrogens is 381 g/mol. The van der Waals surface area contributed by atoms with E-state index in [1.165, 1.54) is 4.90 Å². The van der Waals surface area contributed by atoms with E-state index in [0.717, 1.165) is 25.8 Å². The maximum atomic E-state index is 13.6. The fourth-order valence-corrected chi connectivity index (χ4v) is 3.06. The number of amides is 2. The number of likely N-dealkylation sites (tertiary alicyclic amines) is 1. The lowest BCUT2D eigenvalue weighted by Gasteiger charge is -2.33. The topological polar surface area (TPSA) is 44.4 Å². The molecule has 0 radical (unpaired) electrons. The Morgan fingerprint density at radius 3 is 2.11 bits per heavy atom. The average molecular weight is 407 g/mol. The molecule has 28 heavy (non-hydrogen) atoms. The summed E-state index contributed by atoms with van der Waals surface area (Å²) in [7, 11) is 0. The molecule has 2 N–H and O–H groups in total. The van der Waals surface area contributed by atoms with Gasteiger partial charge in [-0.3, -0.25) is 0 Å². The lowest BCUT2D eigenvalue weighted by atomic mass is 9.92. The highest BCUT2D eigenvalue weighted by Gasteiger charge is 2.38. The number of benzene rings is 1. The van der Waals surface area contributed by atoms with Crippen molar-refractivity contribution in [3.8, 4) is 0 Å². The molecule has 0 spiro atoms. The molecule has 0 saturated carbocycles. The zero-order valence-corrected chi connectivity index (χ0v) is 16.2. The molecule has 1 heterocycles. The van der Waals surface area contributed by atoms with Gasteiger partial charge in [-0.25, -0.2) is 13.6 Å². The molecule has 0 unspecified atom stereocenters. The highest BCUT2D eigenvalue weighted by atomic mass is 19.4. The summed E-state index contributed by atoms with van der Waals surface area (Å²) in [6.45, 7) is 8.26. The fourth-order valence-electron chi connectivity index (χ4n) is 3.06. The molecule has 158 valence electrons. The van der Waals surface area contributed by atoms with Crippen molar-refractivity contribution < 1.29 is 26.7 Å². The summed E-state index contributed by atoms with van der Waals surface area (Å²) in [6.07, 6.45) is -2.65. The first-order valence-electron chi connectivity index (χ1n) is 9.22. The molecular formula is C19H26F5N3O. The van der Waals surface area contributed by atoms with Crippen molar-refractivity contribution in [2.24, 2.45) is 5.41 Å². The van der Waals surface area contributed by atoms with E-state index in [0.29, 0.717) is 25.2 Å². The standard InChI is InChI=1S/C19H26F5N3O/c1-18(2,3)6-7-25-12-4-8-27(9-5-12)17(28)26-13-10-14(20)16(15(21)11-13)19(22,23)24/h10-12,25H,4-9H2,1-3H3,(H,26,28). The van der Waals surface area contributed by atoms with Crippen LogP contribution in [-0.2, 0) is 6.18 Å². The average Bonchev–Trinajstić information content (AvgIpc) is 2.52. The predicted molar refractivity (Wildman–Crippen MR) is 97.0 cm³/mol. The van der Waals surface area contributed by atoms with Crippen LogP contribution in [0.25, 0.3) is 0 Å². The Morgan fingerprint density at radius 2 is 1.64 bits per heavy atom. The second-order valence-corrected chi connectivity index (χ2v) is 8.27. The van der Waals surface area contributed by atoms with Crippen molar-refractivity contribution in [1.29, 1.82) is 0 Å². The largest absolute Gasteiger partial charge is 0.422 e. The third-order valence-electron chi connectivity index (χ3n) is 4.67. The number of nitrogens with one attached hydrogen (secondary N) is 2. The van der Waals surface area contributed by atoms with E-state index in [2.05, 4.69) is 31.4 Å². The smallest absolute Gasteiger partial charge is 0.324 e. The molecule has 2 rings (SSSR count). The van der Waals surface area contributed by atoms with Crippen molar-refractivity contribution in [2.75, 3.05) is 25.0 Å². The number of carbonyl (C=O) groups excluding carboxylic acids is 1. The molecule has 1 fully saturated rings. The van der Waals surface area contributed by atoms with Crippen LogP contribution in [0.1, 0.15) is 45.6 Å². The molecule has 0 bridgehead atoms. The summed E-state index contributed by atoms with van der Waals surface area (Å²) in [5.41, 5.74) is -2.08. The van der Waals surface area contributed by atoms with Gasteiger partial charge in [-0.05, 0) is 43.4 Å². The third-order valence-corrected chi connectivity index (χ3v) is 4.67. The number of halogens is 5. The lowest BCUT2D eigenvalue weighted by Crippen LogP contribution is -2.46. The number of hydrogen-bond acceptors (Lipinski definition) is 2. The van der Waals surface area contributed by atoms with E-state index in [9.17, 15) is 26.7 Å². The Morgan fingerprint density at radius 1 is 1.11 bits per heavy atom. The zero-order chi connectivity index (χ0) is 21.1. The van der Waals surface area contributed by atoms with E-state index in [-0.39, 0.29) is 17.1 Å². The van der Waals surface area contributed by atoms with Crippen LogP contribution < -0.4 is 10.6 Å². The van der Waals surface area contributed by atoms with Gasteiger partial charge in [-0.15, -0.1) is 0 Å². The van der Waals surface area contributed by atoms with Crippen LogP contribution in [0.15, 0.2) is 12.1 Å². The van der Waals surface area contributed by atoms with Gasteiger partial charge < -0.3 is 15.5 Å². The molecule has 0 atom stereocenters. The summed E-state index contributed by atoms with van der Waals surface area (Å²) in [6, 6.07) is 0.647. The Bertz CT molecular complexity index is 669. The minimum absolute atomic E-state index is 0.236. The molecule has 1 aromatic carbocycles. The zero-order valence-electron chi connectivity index (χ0n) is 16.2. The van der Waals surface area contributed by atoms with Gasteiger partial charge in [-0.2, -0.15) is 13.2 Å². The molecule has 9 heteroatoms. The van der Waals surface area contributed by atoms with Gasteiger partial charge in [-0.1, -0.05) is 20.8 Å². The SMILES string of the molecule is CC(C)(C)CCNC1CCN(C(=O)Nc2cc(F)c(C(F)(F)F)c(F)c2)CC1. The van der Waals surface area contributed by atoms with E-state index < -0.39 is 29.4 Å². The van der Waals surface area contributed by atoms with Crippen LogP contribution in [0.5, 0.6) is 0 Å². The molecule has 0 aromatic heterocycles. The van der Waals surface area contributed by atoms with Crippen molar-refractivity contribution in [2.45, 2.75) is 52.3 Å². The normalized spacial score (nSPS) is 16.4. The Hall–Kier alpha value is -1.90. The van der Waals surface area contributed by atoms with Gasteiger partial charge in [0.15, 0.2) is 0 Å². The Balaban J connectivity index is 1.88. The minimum atomic E-state index is -5.14. The second kappa shape index (κ2) is 8.63. The molecule has 0 aliphatic carbocycles. The summed E-state index contributed by atoms with van der Waals surface area (Å²) in [5.74, 6) is -3.52. The quantitative estimate of drug-likeness (QED) is 0.690. The number of alkyl halides is 3. The number of carbonyl (C=O) groups is 1. The maximum Gasteiger partial charge on any atom is 0.422 e. The summed E-state index contributed by atoms with van der Waals surface area (Å²) >= 11 is 0. The van der Waals surface area contributed by atoms with Gasteiger partial charge in [0.1, 0.15) is 17.2 Å². The van der Waals surface area contributed by atoms with Gasteiger partial charge in [0.2, 0.25) is 0 Å². The van der Waals surface area contributed by atoms with Crippen molar-refractivity contribution >= 4 is 11.7 Å². The summed E-state index contributed by atoms with van der Waals surface area (Å²) in [4.78, 5) is 13.7. The number of piperidine rings is 1. The maximum absolute atomic E-state index is 13.6. The first-order chi connectivity index (χ1) is 12.9. The van der Waals surface area contributed by atoms with Gasteiger partial charge in [0, 0.05) is 24.8 Å².